The summed E-state index contributed by atoms with van der Waals surface area (Å²) in [5.74, 6) is -0.919. The topological polar surface area (TPSA) is 38.0 Å². The molecule has 0 aromatic heterocycles. The average Bonchev–Trinajstić information content (AvgIpc) is 2.34. The first-order valence-electron chi connectivity index (χ1n) is 5.81. The number of nitrogens with two attached hydrogens (primary N) is 1. The van der Waals surface area contributed by atoms with Crippen molar-refractivity contribution < 1.29 is 17.6 Å². The van der Waals surface area contributed by atoms with Gasteiger partial charge in [0.2, 0.25) is 0 Å². The third-order valence-electron chi connectivity index (χ3n) is 2.67. The predicted octanol–water partition coefficient (Wildman–Crippen LogP) is 3.01. The van der Waals surface area contributed by atoms with Crippen molar-refractivity contribution in [1.29, 1.82) is 0 Å². The van der Waals surface area contributed by atoms with Crippen LogP contribution in [-0.4, -0.2) is 13.1 Å². The van der Waals surface area contributed by atoms with Crippen molar-refractivity contribution >= 4 is 0 Å². The van der Waals surface area contributed by atoms with Gasteiger partial charge in [-0.3, -0.25) is 0 Å². The van der Waals surface area contributed by atoms with Crippen LogP contribution in [0.2, 0.25) is 0 Å². The van der Waals surface area contributed by atoms with Crippen LogP contribution in [0.25, 0.3) is 0 Å². The third-order valence-corrected chi connectivity index (χ3v) is 2.67. The maximum atomic E-state index is 13.0. The smallest absolute Gasteiger partial charge is 0.329 e. The zero-order chi connectivity index (χ0) is 14.5. The number of benzene rings is 1. The van der Waals surface area contributed by atoms with Crippen molar-refractivity contribution in [1.82, 2.24) is 5.32 Å². The van der Waals surface area contributed by atoms with Crippen LogP contribution in [0.5, 0.6) is 0 Å². The Balaban J connectivity index is 3.05. The normalized spacial score (nSPS) is 13.3. The molecule has 0 saturated heterocycles. The summed E-state index contributed by atoms with van der Waals surface area (Å²) in [7, 11) is 0. The molecular weight excluding hydrogens is 260 g/mol. The molecule has 1 aromatic rings. The molecule has 0 aliphatic carbocycles. The minimum atomic E-state index is -4.61. The molecule has 1 aromatic carbocycles. The Bertz CT molecular complexity index is 429. The predicted molar refractivity (Wildman–Crippen MR) is 66.0 cm³/mol. The Morgan fingerprint density at radius 2 is 2.05 bits per heavy atom. The van der Waals surface area contributed by atoms with Crippen LogP contribution in [0, 0.1) is 5.82 Å². The van der Waals surface area contributed by atoms with Gasteiger partial charge in [0.25, 0.3) is 0 Å². The highest BCUT2D eigenvalue weighted by Crippen LogP contribution is 2.34. The second-order valence-corrected chi connectivity index (χ2v) is 4.05. The highest BCUT2D eigenvalue weighted by molar-refractivity contribution is 5.33. The lowest BCUT2D eigenvalue weighted by molar-refractivity contribution is -0.138. The van der Waals surface area contributed by atoms with E-state index in [9.17, 15) is 17.6 Å². The molecule has 0 spiro atoms. The lowest BCUT2D eigenvalue weighted by Gasteiger charge is -2.21. The van der Waals surface area contributed by atoms with Crippen LogP contribution in [-0.2, 0) is 6.18 Å². The molecule has 3 N–H and O–H groups in total. The first kappa shape index (κ1) is 15.7. The van der Waals surface area contributed by atoms with Crippen molar-refractivity contribution in [3.8, 4) is 0 Å². The molecular formula is C13H16F4N2. The quantitative estimate of drug-likeness (QED) is 0.476. The summed E-state index contributed by atoms with van der Waals surface area (Å²) in [4.78, 5) is 0. The van der Waals surface area contributed by atoms with E-state index in [4.69, 9.17) is 5.73 Å². The fraction of sp³-hybridized carbons (Fsp3) is 0.385. The molecule has 0 aliphatic rings. The van der Waals surface area contributed by atoms with Crippen molar-refractivity contribution in [2.24, 2.45) is 5.73 Å². The zero-order valence-electron chi connectivity index (χ0n) is 10.3. The lowest BCUT2D eigenvalue weighted by Crippen LogP contribution is -2.30. The van der Waals surface area contributed by atoms with E-state index < -0.39 is 23.6 Å². The highest BCUT2D eigenvalue weighted by Gasteiger charge is 2.35. The molecule has 1 atom stereocenters. The summed E-state index contributed by atoms with van der Waals surface area (Å²) in [5, 5.41) is 2.90. The standard InChI is InChI=1S/C13H16F4N2/c1-2-3-6-19-12(8-18)10-5-4-9(14)7-11(10)13(15,16)17/h2,4-5,7,12,19H,1,3,6,8,18H2. The van der Waals surface area contributed by atoms with Gasteiger partial charge >= 0.3 is 6.18 Å². The molecule has 0 aliphatic heterocycles. The highest BCUT2D eigenvalue weighted by atomic mass is 19.4. The number of rotatable bonds is 6. The van der Waals surface area contributed by atoms with Gasteiger partial charge in [0.05, 0.1) is 5.56 Å². The van der Waals surface area contributed by atoms with Crippen molar-refractivity contribution in [2.45, 2.75) is 18.6 Å². The zero-order valence-corrected chi connectivity index (χ0v) is 10.3. The summed E-state index contributed by atoms with van der Waals surface area (Å²) in [6, 6.07) is 1.95. The van der Waals surface area contributed by atoms with Gasteiger partial charge in [0.1, 0.15) is 5.82 Å². The van der Waals surface area contributed by atoms with E-state index in [0.717, 1.165) is 12.1 Å². The Morgan fingerprint density at radius 1 is 1.37 bits per heavy atom. The summed E-state index contributed by atoms with van der Waals surface area (Å²) >= 11 is 0. The van der Waals surface area contributed by atoms with Crippen molar-refractivity contribution in [3.63, 3.8) is 0 Å². The maximum absolute atomic E-state index is 13.0. The van der Waals surface area contributed by atoms with E-state index in [1.165, 1.54) is 0 Å². The number of nitrogens with one attached hydrogen (secondary N) is 1. The molecule has 0 bridgehead atoms. The fourth-order valence-electron chi connectivity index (χ4n) is 1.76. The molecule has 1 unspecified atom stereocenters. The van der Waals surface area contributed by atoms with Gasteiger partial charge in [0, 0.05) is 12.6 Å². The van der Waals surface area contributed by atoms with Crippen LogP contribution >= 0.6 is 0 Å². The molecule has 0 amide bonds. The maximum Gasteiger partial charge on any atom is 0.416 e. The van der Waals surface area contributed by atoms with Gasteiger partial charge < -0.3 is 11.1 Å². The summed E-state index contributed by atoms with van der Waals surface area (Å²) in [6.45, 7) is 3.97. The van der Waals surface area contributed by atoms with E-state index in [2.05, 4.69) is 11.9 Å². The third kappa shape index (κ3) is 4.33. The van der Waals surface area contributed by atoms with E-state index in [1.54, 1.807) is 6.08 Å². The first-order valence-corrected chi connectivity index (χ1v) is 5.81. The molecule has 19 heavy (non-hydrogen) atoms. The average molecular weight is 276 g/mol. The minimum Gasteiger partial charge on any atom is -0.329 e. The molecule has 6 heteroatoms. The SMILES string of the molecule is C=CCCNC(CN)c1ccc(F)cc1C(F)(F)F. The van der Waals surface area contributed by atoms with Crippen LogP contribution in [0.1, 0.15) is 23.6 Å². The Morgan fingerprint density at radius 3 is 2.58 bits per heavy atom. The summed E-state index contributed by atoms with van der Waals surface area (Å²) < 4.78 is 51.6. The molecule has 0 saturated carbocycles. The Hall–Kier alpha value is -1.40. The minimum absolute atomic E-state index is 0.00808. The van der Waals surface area contributed by atoms with E-state index in [0.29, 0.717) is 19.0 Å². The molecule has 0 fully saturated rings. The van der Waals surface area contributed by atoms with Crippen LogP contribution in [0.3, 0.4) is 0 Å². The molecule has 0 heterocycles. The number of hydrogen-bond acceptors (Lipinski definition) is 2. The van der Waals surface area contributed by atoms with Crippen molar-refractivity contribution in [3.05, 3.63) is 47.8 Å². The fourth-order valence-corrected chi connectivity index (χ4v) is 1.76. The lowest BCUT2D eigenvalue weighted by atomic mass is 9.99. The first-order chi connectivity index (χ1) is 8.90. The Labute approximate surface area is 109 Å². The summed E-state index contributed by atoms with van der Waals surface area (Å²) in [6.07, 6.45) is -2.35. The van der Waals surface area contributed by atoms with E-state index in [1.807, 2.05) is 0 Å². The molecule has 0 radical (unpaired) electrons. The van der Waals surface area contributed by atoms with E-state index in [-0.39, 0.29) is 12.1 Å². The summed E-state index contributed by atoms with van der Waals surface area (Å²) in [5.41, 5.74) is 4.45. The largest absolute Gasteiger partial charge is 0.416 e. The van der Waals surface area contributed by atoms with Gasteiger partial charge in [-0.25, -0.2) is 4.39 Å². The van der Waals surface area contributed by atoms with Gasteiger partial charge in [-0.05, 0) is 30.7 Å². The van der Waals surface area contributed by atoms with Gasteiger partial charge in [-0.1, -0.05) is 12.1 Å². The second kappa shape index (κ2) is 6.68. The Kier molecular flexibility index (Phi) is 5.50. The van der Waals surface area contributed by atoms with Gasteiger partial charge in [0.15, 0.2) is 0 Å². The van der Waals surface area contributed by atoms with Crippen LogP contribution in [0.4, 0.5) is 17.6 Å². The van der Waals surface area contributed by atoms with Gasteiger partial charge in [-0.15, -0.1) is 6.58 Å². The van der Waals surface area contributed by atoms with E-state index >= 15 is 0 Å². The molecule has 106 valence electrons. The molecule has 1 rings (SSSR count). The van der Waals surface area contributed by atoms with Gasteiger partial charge in [-0.2, -0.15) is 13.2 Å². The van der Waals surface area contributed by atoms with Crippen LogP contribution < -0.4 is 11.1 Å². The second-order valence-electron chi connectivity index (χ2n) is 4.05. The number of alkyl halides is 3. The van der Waals surface area contributed by atoms with Crippen LogP contribution in [0.15, 0.2) is 30.9 Å². The number of halogens is 4. The number of hydrogen-bond donors (Lipinski definition) is 2. The monoisotopic (exact) mass is 276 g/mol. The molecule has 2 nitrogen and oxygen atoms in total. The van der Waals surface area contributed by atoms with Crippen molar-refractivity contribution in [2.75, 3.05) is 13.1 Å².